The zero-order valence-corrected chi connectivity index (χ0v) is 17.8. The van der Waals surface area contributed by atoms with Gasteiger partial charge in [0.05, 0.1) is 13.2 Å². The third-order valence-electron chi connectivity index (χ3n) is 5.59. The number of ether oxygens (including phenoxy) is 2. The number of nitrogens with one attached hydrogen (secondary N) is 2. The van der Waals surface area contributed by atoms with Crippen molar-refractivity contribution in [2.24, 2.45) is 0 Å². The molecule has 2 unspecified atom stereocenters. The molecule has 2 aromatic heterocycles. The van der Waals surface area contributed by atoms with E-state index >= 15 is 0 Å². The molecule has 27 heavy (non-hydrogen) atoms. The van der Waals surface area contributed by atoms with Gasteiger partial charge in [0.25, 0.3) is 0 Å². The summed E-state index contributed by atoms with van der Waals surface area (Å²) in [6.07, 6.45) is 2.58. The average Bonchev–Trinajstić information content (AvgIpc) is 3.35. The molecule has 0 saturated heterocycles. The van der Waals surface area contributed by atoms with Crippen LogP contribution < -0.4 is 10.6 Å². The summed E-state index contributed by atoms with van der Waals surface area (Å²) in [5.41, 5.74) is 2.97. The monoisotopic (exact) mass is 406 g/mol. The molecule has 4 heterocycles. The van der Waals surface area contributed by atoms with E-state index in [0.29, 0.717) is 12.0 Å². The van der Waals surface area contributed by atoms with E-state index in [1.165, 1.54) is 20.9 Å². The topological polar surface area (TPSA) is 42.5 Å². The van der Waals surface area contributed by atoms with Gasteiger partial charge in [-0.15, -0.1) is 22.7 Å². The smallest absolute Gasteiger partial charge is 0.104 e. The molecule has 0 radical (unpaired) electrons. The third-order valence-corrected chi connectivity index (χ3v) is 7.67. The van der Waals surface area contributed by atoms with E-state index in [2.05, 4.69) is 47.4 Å². The predicted octanol–water partition coefficient (Wildman–Crippen LogP) is 4.26. The van der Waals surface area contributed by atoms with Crippen LogP contribution in [-0.2, 0) is 15.9 Å². The highest BCUT2D eigenvalue weighted by atomic mass is 32.1. The molecule has 0 bridgehead atoms. The van der Waals surface area contributed by atoms with Crippen LogP contribution in [0, 0.1) is 0 Å². The van der Waals surface area contributed by atoms with Crippen LogP contribution in [0.2, 0.25) is 0 Å². The van der Waals surface area contributed by atoms with Crippen LogP contribution in [0.4, 0.5) is 0 Å². The van der Waals surface area contributed by atoms with Gasteiger partial charge in [0.2, 0.25) is 0 Å². The first-order chi connectivity index (χ1) is 13.3. The molecule has 6 heteroatoms. The molecule has 0 aromatic carbocycles. The molecule has 2 N–H and O–H groups in total. The quantitative estimate of drug-likeness (QED) is 0.688. The molecule has 0 aliphatic carbocycles. The van der Waals surface area contributed by atoms with Crippen LogP contribution in [0.3, 0.4) is 0 Å². The number of rotatable bonds is 8. The second-order valence-corrected chi connectivity index (χ2v) is 9.43. The second kappa shape index (κ2) is 9.16. The molecule has 148 valence electrons. The van der Waals surface area contributed by atoms with Crippen molar-refractivity contribution in [2.45, 2.75) is 50.9 Å². The number of hydrogen-bond acceptors (Lipinski definition) is 6. The van der Waals surface area contributed by atoms with Crippen LogP contribution in [-0.4, -0.2) is 38.9 Å². The number of hydrogen-bond donors (Lipinski definition) is 2. The lowest BCUT2D eigenvalue weighted by molar-refractivity contribution is 0.0262. The van der Waals surface area contributed by atoms with Crippen molar-refractivity contribution in [3.63, 3.8) is 0 Å². The lowest BCUT2D eigenvalue weighted by Gasteiger charge is -2.32. The number of likely N-dealkylation sites (N-methyl/N-ethyl adjacent to an activating group) is 1. The van der Waals surface area contributed by atoms with E-state index in [4.69, 9.17) is 9.47 Å². The van der Waals surface area contributed by atoms with Gasteiger partial charge in [-0.25, -0.2) is 0 Å². The van der Waals surface area contributed by atoms with Crippen molar-refractivity contribution in [1.82, 2.24) is 10.6 Å². The Labute approximate surface area is 170 Å². The summed E-state index contributed by atoms with van der Waals surface area (Å²) in [5, 5.41) is 11.6. The van der Waals surface area contributed by atoms with Gasteiger partial charge in [-0.05, 0) is 60.3 Å². The van der Waals surface area contributed by atoms with Crippen LogP contribution in [0.15, 0.2) is 22.9 Å². The van der Waals surface area contributed by atoms with Crippen molar-refractivity contribution < 1.29 is 9.47 Å². The normalized spacial score (nSPS) is 25.8. The Morgan fingerprint density at radius 2 is 1.93 bits per heavy atom. The third kappa shape index (κ3) is 4.47. The van der Waals surface area contributed by atoms with Gasteiger partial charge in [0.15, 0.2) is 0 Å². The Balaban J connectivity index is 1.32. The molecule has 4 rings (SSSR count). The van der Waals surface area contributed by atoms with Crippen LogP contribution in [0.25, 0.3) is 0 Å². The molecule has 4 atom stereocenters. The maximum atomic E-state index is 6.21. The van der Waals surface area contributed by atoms with Crippen molar-refractivity contribution in [3.05, 3.63) is 43.8 Å². The maximum absolute atomic E-state index is 6.21. The fourth-order valence-electron chi connectivity index (χ4n) is 4.14. The maximum Gasteiger partial charge on any atom is 0.104 e. The van der Waals surface area contributed by atoms with Crippen molar-refractivity contribution in [2.75, 3.05) is 32.8 Å². The van der Waals surface area contributed by atoms with Crippen LogP contribution >= 0.6 is 22.7 Å². The highest BCUT2D eigenvalue weighted by Gasteiger charge is 2.30. The number of thiophene rings is 2. The summed E-state index contributed by atoms with van der Waals surface area (Å²) >= 11 is 3.67. The van der Waals surface area contributed by atoms with E-state index < -0.39 is 0 Å². The Morgan fingerprint density at radius 1 is 1.11 bits per heavy atom. The summed E-state index contributed by atoms with van der Waals surface area (Å²) in [4.78, 5) is 2.83. The molecular weight excluding hydrogens is 376 g/mol. The van der Waals surface area contributed by atoms with Gasteiger partial charge in [0.1, 0.15) is 12.2 Å². The molecule has 0 spiro atoms. The minimum absolute atomic E-state index is 0.208. The molecule has 4 nitrogen and oxygen atoms in total. The van der Waals surface area contributed by atoms with Gasteiger partial charge in [-0.2, -0.15) is 0 Å². The summed E-state index contributed by atoms with van der Waals surface area (Å²) in [6, 6.07) is 4.99. The first-order valence-corrected chi connectivity index (χ1v) is 11.8. The molecule has 0 amide bonds. The molecular formula is C21H30N2O2S2. The van der Waals surface area contributed by atoms with Crippen molar-refractivity contribution >= 4 is 22.7 Å². The average molecular weight is 407 g/mol. The van der Waals surface area contributed by atoms with Crippen LogP contribution in [0.5, 0.6) is 0 Å². The van der Waals surface area contributed by atoms with Crippen molar-refractivity contribution in [3.8, 4) is 0 Å². The minimum Gasteiger partial charge on any atom is -0.371 e. The largest absolute Gasteiger partial charge is 0.371 e. The molecule has 2 aliphatic heterocycles. The van der Waals surface area contributed by atoms with E-state index in [0.717, 1.165) is 45.7 Å². The zero-order chi connectivity index (χ0) is 18.6. The molecule has 2 aliphatic rings. The summed E-state index contributed by atoms with van der Waals surface area (Å²) in [5.74, 6) is 0.483. The van der Waals surface area contributed by atoms with Gasteiger partial charge in [0, 0.05) is 34.8 Å². The predicted molar refractivity (Wildman–Crippen MR) is 113 cm³/mol. The Hall–Kier alpha value is -0.760. The van der Waals surface area contributed by atoms with Gasteiger partial charge < -0.3 is 20.1 Å². The van der Waals surface area contributed by atoms with Gasteiger partial charge in [-0.1, -0.05) is 6.92 Å². The van der Waals surface area contributed by atoms with Crippen molar-refractivity contribution in [1.29, 1.82) is 0 Å². The number of fused-ring (bicyclic) bond motifs is 2. The SMILES string of the molecule is CCNC[C@H]1OCC(CC(C)NC[C@@H]2OCCc3ccsc32)c2ccsc21. The molecule has 0 fully saturated rings. The lowest BCUT2D eigenvalue weighted by Crippen LogP contribution is -2.35. The molecule has 0 saturated carbocycles. The van der Waals surface area contributed by atoms with E-state index in [9.17, 15) is 0 Å². The Kier molecular flexibility index (Phi) is 6.63. The van der Waals surface area contributed by atoms with Gasteiger partial charge in [-0.3, -0.25) is 0 Å². The highest BCUT2D eigenvalue weighted by molar-refractivity contribution is 7.10. The Morgan fingerprint density at radius 3 is 2.81 bits per heavy atom. The first-order valence-electron chi connectivity index (χ1n) is 10.1. The minimum atomic E-state index is 0.208. The summed E-state index contributed by atoms with van der Waals surface area (Å²) in [6.45, 7) is 8.88. The zero-order valence-electron chi connectivity index (χ0n) is 16.2. The molecule has 2 aromatic rings. The Bertz CT molecular complexity index is 729. The highest BCUT2D eigenvalue weighted by Crippen LogP contribution is 2.39. The van der Waals surface area contributed by atoms with E-state index in [-0.39, 0.29) is 12.2 Å². The lowest BCUT2D eigenvalue weighted by atomic mass is 9.90. The second-order valence-electron chi connectivity index (χ2n) is 7.53. The fraction of sp³-hybridized carbons (Fsp3) is 0.619. The summed E-state index contributed by atoms with van der Waals surface area (Å²) < 4.78 is 12.2. The van der Waals surface area contributed by atoms with E-state index in [1.807, 2.05) is 22.7 Å². The summed E-state index contributed by atoms with van der Waals surface area (Å²) in [7, 11) is 0. The fourth-order valence-corrected chi connectivity index (χ4v) is 6.18. The van der Waals surface area contributed by atoms with Gasteiger partial charge >= 0.3 is 0 Å². The van der Waals surface area contributed by atoms with Crippen LogP contribution in [0.1, 0.15) is 59.3 Å². The first kappa shape index (κ1) is 19.6. The standard InChI is InChI=1S/C21H30N2O2S2/c1-3-22-11-18-21-17(6-9-27-21)16(13-25-18)10-14(2)23-12-19-20-15(4-7-24-19)5-8-26-20/h5-6,8-9,14,16,18-19,22-23H,3-4,7,10-13H2,1-2H3/t14?,16?,18-,19+/m1/s1. The van der Waals surface area contributed by atoms with E-state index in [1.54, 1.807) is 0 Å².